The van der Waals surface area contributed by atoms with Gasteiger partial charge in [-0.05, 0) is 50.5 Å². The highest BCUT2D eigenvalue weighted by molar-refractivity contribution is 7.89. The van der Waals surface area contributed by atoms with Crippen molar-refractivity contribution in [2.75, 3.05) is 26.7 Å². The molecule has 31 heavy (non-hydrogen) atoms. The van der Waals surface area contributed by atoms with Gasteiger partial charge in [0.2, 0.25) is 10.0 Å². The van der Waals surface area contributed by atoms with Crippen molar-refractivity contribution in [1.29, 1.82) is 0 Å². The maximum Gasteiger partial charge on any atom is 0.425 e. The number of sulfonamides is 1. The number of likely N-dealkylation sites (tertiary alicyclic amines) is 1. The van der Waals surface area contributed by atoms with E-state index in [2.05, 4.69) is 4.74 Å². The van der Waals surface area contributed by atoms with Gasteiger partial charge in [0, 0.05) is 20.1 Å². The molecule has 174 valence electrons. The molecule has 1 aromatic rings. The van der Waals surface area contributed by atoms with Gasteiger partial charge in [-0.3, -0.25) is 0 Å². The van der Waals surface area contributed by atoms with Crippen molar-refractivity contribution in [1.82, 2.24) is 9.21 Å². The molecule has 0 aromatic heterocycles. The Kier molecular flexibility index (Phi) is 6.55. The van der Waals surface area contributed by atoms with Gasteiger partial charge < -0.3 is 14.4 Å². The first-order chi connectivity index (χ1) is 14.3. The molecule has 1 aromatic carbocycles. The topological polar surface area (TPSA) is 76.2 Å². The Morgan fingerprint density at radius 3 is 2.39 bits per heavy atom. The molecule has 0 radical (unpaired) electrons. The van der Waals surface area contributed by atoms with Crippen molar-refractivity contribution < 1.29 is 40.2 Å². The summed E-state index contributed by atoms with van der Waals surface area (Å²) in [5.74, 6) is -0.542. The molecular weight excluding hydrogens is 444 g/mol. The van der Waals surface area contributed by atoms with E-state index in [1.807, 2.05) is 0 Å². The number of carbonyl (C=O) groups excluding carboxylic acids is 1. The summed E-state index contributed by atoms with van der Waals surface area (Å²) in [7, 11) is -2.42. The Bertz CT molecular complexity index is 899. The quantitative estimate of drug-likeness (QED) is 0.635. The summed E-state index contributed by atoms with van der Waals surface area (Å²) in [4.78, 5) is 13.2. The molecule has 1 spiro atoms. The van der Waals surface area contributed by atoms with Crippen LogP contribution in [0.2, 0.25) is 0 Å². The summed E-state index contributed by atoms with van der Waals surface area (Å²) in [5.41, 5.74) is -0.663. The van der Waals surface area contributed by atoms with E-state index in [0.29, 0.717) is 19.3 Å². The third-order valence-electron chi connectivity index (χ3n) is 5.87. The van der Waals surface area contributed by atoms with E-state index < -0.39 is 45.9 Å². The van der Waals surface area contributed by atoms with E-state index in [1.165, 1.54) is 28.4 Å². The molecule has 2 heterocycles. The predicted octanol–water partition coefficient (Wildman–Crippen LogP) is 3.16. The Morgan fingerprint density at radius 2 is 1.84 bits per heavy atom. The molecule has 2 atom stereocenters. The lowest BCUT2D eigenvalue weighted by molar-refractivity contribution is -0.200. The molecule has 0 saturated carbocycles. The van der Waals surface area contributed by atoms with Crippen LogP contribution in [0.25, 0.3) is 0 Å². The number of rotatable bonds is 4. The zero-order valence-corrected chi connectivity index (χ0v) is 17.9. The summed E-state index contributed by atoms with van der Waals surface area (Å²) in [5, 5.41) is 0. The third kappa shape index (κ3) is 5.12. The highest BCUT2D eigenvalue weighted by atomic mass is 32.2. The average molecular weight is 468 g/mol. The number of piperidine rings is 1. The average Bonchev–Trinajstić information content (AvgIpc) is 3.10. The molecule has 12 heteroatoms. The van der Waals surface area contributed by atoms with Gasteiger partial charge in [-0.25, -0.2) is 17.6 Å². The maximum atomic E-state index is 13.1. The van der Waals surface area contributed by atoms with Crippen LogP contribution in [0.4, 0.5) is 22.4 Å². The summed E-state index contributed by atoms with van der Waals surface area (Å²) in [6, 6.07) is 4.07. The van der Waals surface area contributed by atoms with E-state index in [4.69, 9.17) is 4.74 Å². The van der Waals surface area contributed by atoms with Crippen LogP contribution in [0.3, 0.4) is 0 Å². The third-order valence-corrected chi connectivity index (χ3v) is 7.79. The minimum atomic E-state index is -4.63. The number of alkyl halides is 3. The van der Waals surface area contributed by atoms with E-state index in [1.54, 1.807) is 0 Å². The molecule has 2 aliphatic rings. The maximum absolute atomic E-state index is 13.1. The van der Waals surface area contributed by atoms with Crippen molar-refractivity contribution in [2.45, 2.75) is 55.0 Å². The Labute approximate surface area is 177 Å². The molecule has 1 amide bonds. The highest BCUT2D eigenvalue weighted by Crippen LogP contribution is 2.39. The largest absolute Gasteiger partial charge is 0.437 e. The lowest BCUT2D eigenvalue weighted by Crippen LogP contribution is -2.48. The number of hydrogen-bond donors (Lipinski definition) is 0. The number of amides is 1. The fourth-order valence-electron chi connectivity index (χ4n) is 3.76. The second-order valence-corrected chi connectivity index (χ2v) is 9.88. The van der Waals surface area contributed by atoms with Crippen molar-refractivity contribution >= 4 is 16.1 Å². The molecule has 3 rings (SSSR count). The minimum absolute atomic E-state index is 0.0336. The van der Waals surface area contributed by atoms with E-state index >= 15 is 0 Å². The van der Waals surface area contributed by atoms with Gasteiger partial charge in [0.05, 0.1) is 23.1 Å². The van der Waals surface area contributed by atoms with Crippen molar-refractivity contribution in [3.8, 4) is 0 Å². The number of carbonyl (C=O) groups is 1. The minimum Gasteiger partial charge on any atom is -0.437 e. The molecule has 0 aliphatic carbocycles. The molecule has 0 N–H and O–H groups in total. The van der Waals surface area contributed by atoms with E-state index in [9.17, 15) is 30.8 Å². The van der Waals surface area contributed by atoms with Crippen LogP contribution in [0.1, 0.15) is 26.2 Å². The predicted molar refractivity (Wildman–Crippen MR) is 101 cm³/mol. The van der Waals surface area contributed by atoms with Gasteiger partial charge in [0.15, 0.2) is 6.10 Å². The Morgan fingerprint density at radius 1 is 1.26 bits per heavy atom. The molecule has 2 fully saturated rings. The fourth-order valence-corrected chi connectivity index (χ4v) is 5.10. The summed E-state index contributed by atoms with van der Waals surface area (Å²) in [6.07, 6.45) is -6.79. The zero-order valence-electron chi connectivity index (χ0n) is 17.1. The Hall–Kier alpha value is -1.92. The van der Waals surface area contributed by atoms with Crippen LogP contribution in [0.5, 0.6) is 0 Å². The molecule has 2 aliphatic heterocycles. The molecule has 2 saturated heterocycles. The molecule has 0 bridgehead atoms. The standard InChI is InChI=1S/C19H24F4N2O5S/c1-13(19(21,22)23)30-17(26)25-9-7-18(8-10-25)11-15(12-29-18)24(2)31(27,28)16-5-3-14(20)4-6-16/h3-6,13,15H,7-12H2,1-2H3/t13-,15?/m0/s1. The SMILES string of the molecule is C[C@H](OC(=O)N1CCC2(CC1)CC(N(C)S(=O)(=O)c1ccc(F)cc1)CO2)C(F)(F)F. The van der Waals surface area contributed by atoms with Crippen LogP contribution in [-0.4, -0.2) is 74.4 Å². The lowest BCUT2D eigenvalue weighted by Gasteiger charge is -2.38. The fraction of sp³-hybridized carbons (Fsp3) is 0.632. The van der Waals surface area contributed by atoms with Gasteiger partial charge in [-0.15, -0.1) is 0 Å². The first kappa shape index (κ1) is 23.7. The first-order valence-electron chi connectivity index (χ1n) is 9.74. The summed E-state index contributed by atoms with van der Waals surface area (Å²) < 4.78 is 88.1. The van der Waals surface area contributed by atoms with E-state index in [0.717, 1.165) is 19.1 Å². The number of halogens is 4. The first-order valence-corrected chi connectivity index (χ1v) is 11.2. The number of benzene rings is 1. The highest BCUT2D eigenvalue weighted by Gasteiger charge is 2.47. The molecular formula is C19H24F4N2O5S. The van der Waals surface area contributed by atoms with Gasteiger partial charge >= 0.3 is 12.3 Å². The number of ether oxygens (including phenoxy) is 2. The lowest BCUT2D eigenvalue weighted by atomic mass is 9.87. The zero-order chi connectivity index (χ0) is 23.0. The van der Waals surface area contributed by atoms with E-state index in [-0.39, 0.29) is 24.6 Å². The second kappa shape index (κ2) is 8.55. The van der Waals surface area contributed by atoms with Crippen LogP contribution in [-0.2, 0) is 19.5 Å². The second-order valence-electron chi connectivity index (χ2n) is 7.88. The number of likely N-dealkylation sites (N-methyl/N-ethyl adjacent to an activating group) is 1. The molecule has 7 nitrogen and oxygen atoms in total. The van der Waals surface area contributed by atoms with Crippen LogP contribution < -0.4 is 0 Å². The monoisotopic (exact) mass is 468 g/mol. The molecule has 1 unspecified atom stereocenters. The van der Waals surface area contributed by atoms with Crippen molar-refractivity contribution in [3.63, 3.8) is 0 Å². The summed E-state index contributed by atoms with van der Waals surface area (Å²) in [6.45, 7) is 1.20. The van der Waals surface area contributed by atoms with Gasteiger partial charge in [-0.2, -0.15) is 17.5 Å². The van der Waals surface area contributed by atoms with Crippen molar-refractivity contribution in [3.05, 3.63) is 30.1 Å². The summed E-state index contributed by atoms with van der Waals surface area (Å²) >= 11 is 0. The van der Waals surface area contributed by atoms with Gasteiger partial charge in [-0.1, -0.05) is 0 Å². The smallest absolute Gasteiger partial charge is 0.425 e. The van der Waals surface area contributed by atoms with Crippen LogP contribution >= 0.6 is 0 Å². The van der Waals surface area contributed by atoms with Crippen molar-refractivity contribution in [2.24, 2.45) is 0 Å². The van der Waals surface area contributed by atoms with Gasteiger partial charge in [0.1, 0.15) is 5.82 Å². The normalized spacial score (nSPS) is 22.7. The number of nitrogens with zero attached hydrogens (tertiary/aromatic N) is 2. The Balaban J connectivity index is 1.58. The van der Waals surface area contributed by atoms with Crippen LogP contribution in [0, 0.1) is 5.82 Å². The number of hydrogen-bond acceptors (Lipinski definition) is 5. The van der Waals surface area contributed by atoms with Crippen LogP contribution in [0.15, 0.2) is 29.2 Å². The van der Waals surface area contributed by atoms with Gasteiger partial charge in [0.25, 0.3) is 0 Å².